The van der Waals surface area contributed by atoms with Crippen molar-refractivity contribution in [2.75, 3.05) is 4.67 Å². The van der Waals surface area contributed by atoms with Gasteiger partial charge in [0, 0.05) is 5.69 Å². The molecule has 0 fully saturated rings. The highest BCUT2D eigenvalue weighted by atomic mass is 28.2. The molecular weight excluding hydrogens is 128 g/mol. The third-order valence-corrected chi connectivity index (χ3v) is 1.68. The first kappa shape index (κ1) is 6.32. The molecule has 0 amide bonds. The molecule has 48 valence electrons. The normalized spacial score (nSPS) is 9.44. The van der Waals surface area contributed by atoms with Gasteiger partial charge in [0.15, 0.2) is 0 Å². The molecule has 0 atom stereocenters. The Morgan fingerprint density at radius 3 is 2.11 bits per heavy atom. The smallest absolute Gasteiger partial charge is 0.129 e. The van der Waals surface area contributed by atoms with Crippen LogP contribution in [0.3, 0.4) is 0 Å². The average Bonchev–Trinajstić information content (AvgIpc) is 1.90. The van der Waals surface area contributed by atoms with Crippen LogP contribution in [-0.4, -0.2) is 10.4 Å². The zero-order valence-electron chi connectivity index (χ0n) is 5.41. The van der Waals surface area contributed by atoms with E-state index in [1.165, 1.54) is 0 Å². The molecule has 0 spiro atoms. The van der Waals surface area contributed by atoms with Crippen LogP contribution in [0.15, 0.2) is 30.3 Å². The second-order valence-corrected chi connectivity index (χ2v) is 2.91. The van der Waals surface area contributed by atoms with Gasteiger partial charge >= 0.3 is 0 Å². The lowest BCUT2D eigenvalue weighted by atomic mass is 10.3. The Labute approximate surface area is 57.8 Å². The summed E-state index contributed by atoms with van der Waals surface area (Å²) >= 11 is 0. The summed E-state index contributed by atoms with van der Waals surface area (Å²) in [5.41, 5.74) is 1.09. The van der Waals surface area contributed by atoms with E-state index in [2.05, 4.69) is 0 Å². The molecule has 0 bridgehead atoms. The van der Waals surface area contributed by atoms with Gasteiger partial charge in [0.2, 0.25) is 0 Å². The number of hydrazine groups is 1. The maximum atomic E-state index is 5.51. The van der Waals surface area contributed by atoms with Gasteiger partial charge in [0.25, 0.3) is 0 Å². The highest BCUT2D eigenvalue weighted by Gasteiger charge is 1.87. The molecular formula is C6H10N2Si. The number of hydrogen-bond donors (Lipinski definition) is 1. The number of nitrogens with two attached hydrogens (primary N) is 1. The van der Waals surface area contributed by atoms with Gasteiger partial charge in [0.05, 0.1) is 0 Å². The zero-order valence-corrected chi connectivity index (χ0v) is 7.41. The molecule has 0 saturated carbocycles. The highest BCUT2D eigenvalue weighted by molar-refractivity contribution is 6.16. The van der Waals surface area contributed by atoms with Gasteiger partial charge < -0.3 is 4.67 Å². The molecule has 0 saturated heterocycles. The molecule has 2 nitrogen and oxygen atoms in total. The maximum absolute atomic E-state index is 5.51. The van der Waals surface area contributed by atoms with Crippen LogP contribution < -0.4 is 10.5 Å². The number of nitrogens with zero attached hydrogens (tertiary/aromatic N) is 1. The van der Waals surface area contributed by atoms with Crippen LogP contribution in [-0.2, 0) is 0 Å². The van der Waals surface area contributed by atoms with E-state index in [0.717, 1.165) is 16.1 Å². The maximum Gasteiger partial charge on any atom is 0.129 e. The van der Waals surface area contributed by atoms with E-state index in [1.807, 2.05) is 30.3 Å². The molecule has 0 aliphatic rings. The number of benzene rings is 1. The molecule has 0 aliphatic heterocycles. The summed E-state index contributed by atoms with van der Waals surface area (Å²) in [7, 11) is 0.868. The van der Waals surface area contributed by atoms with Crippen molar-refractivity contribution in [3.63, 3.8) is 0 Å². The molecule has 1 aromatic rings. The van der Waals surface area contributed by atoms with E-state index < -0.39 is 0 Å². The lowest BCUT2D eigenvalue weighted by molar-refractivity contribution is 1.19. The lowest BCUT2D eigenvalue weighted by Crippen LogP contribution is -2.26. The van der Waals surface area contributed by atoms with E-state index in [-0.39, 0.29) is 0 Å². The summed E-state index contributed by atoms with van der Waals surface area (Å²) < 4.78 is 1.72. The lowest BCUT2D eigenvalue weighted by Gasteiger charge is -2.10. The first-order valence-electron chi connectivity index (χ1n) is 2.84. The molecule has 0 aromatic heterocycles. The van der Waals surface area contributed by atoms with Gasteiger partial charge in [-0.1, -0.05) is 18.2 Å². The predicted molar refractivity (Wildman–Crippen MR) is 43.0 cm³/mol. The van der Waals surface area contributed by atoms with Crippen molar-refractivity contribution in [3.8, 4) is 0 Å². The van der Waals surface area contributed by atoms with Crippen LogP contribution in [0.1, 0.15) is 0 Å². The van der Waals surface area contributed by atoms with Crippen molar-refractivity contribution < 1.29 is 0 Å². The summed E-state index contributed by atoms with van der Waals surface area (Å²) in [4.78, 5) is 0. The van der Waals surface area contributed by atoms with E-state index in [4.69, 9.17) is 5.84 Å². The minimum Gasteiger partial charge on any atom is -0.349 e. The van der Waals surface area contributed by atoms with Crippen molar-refractivity contribution in [1.29, 1.82) is 0 Å². The molecule has 9 heavy (non-hydrogen) atoms. The predicted octanol–water partition coefficient (Wildman–Crippen LogP) is -0.353. The summed E-state index contributed by atoms with van der Waals surface area (Å²) in [5.74, 6) is 5.51. The van der Waals surface area contributed by atoms with Gasteiger partial charge in [-0.3, -0.25) is 5.84 Å². The van der Waals surface area contributed by atoms with Crippen LogP contribution in [0.5, 0.6) is 0 Å². The van der Waals surface area contributed by atoms with E-state index in [0.29, 0.717) is 0 Å². The Hall–Kier alpha value is -0.803. The third-order valence-electron chi connectivity index (χ3n) is 1.16. The van der Waals surface area contributed by atoms with Crippen molar-refractivity contribution in [3.05, 3.63) is 30.3 Å². The van der Waals surface area contributed by atoms with Crippen LogP contribution in [0.4, 0.5) is 5.69 Å². The number of hydrogen-bond acceptors (Lipinski definition) is 2. The Morgan fingerprint density at radius 2 is 1.78 bits per heavy atom. The molecule has 3 heteroatoms. The standard InChI is InChI=1S/C6H10N2Si/c7-8(9)6-4-2-1-3-5-6/h1-5H,7H2,9H3. The largest absolute Gasteiger partial charge is 0.349 e. The second-order valence-electron chi connectivity index (χ2n) is 1.95. The van der Waals surface area contributed by atoms with Crippen LogP contribution >= 0.6 is 0 Å². The summed E-state index contributed by atoms with van der Waals surface area (Å²) in [6.07, 6.45) is 0. The minimum absolute atomic E-state index is 0.868. The van der Waals surface area contributed by atoms with Crippen LogP contribution in [0.2, 0.25) is 0 Å². The van der Waals surface area contributed by atoms with Crippen molar-refractivity contribution in [1.82, 2.24) is 0 Å². The fourth-order valence-electron chi connectivity index (χ4n) is 0.663. The van der Waals surface area contributed by atoms with E-state index in [1.54, 1.807) is 4.67 Å². The summed E-state index contributed by atoms with van der Waals surface area (Å²) in [6.45, 7) is 0. The van der Waals surface area contributed by atoms with Crippen molar-refractivity contribution >= 4 is 16.1 Å². The first-order valence-corrected chi connectivity index (χ1v) is 3.73. The van der Waals surface area contributed by atoms with E-state index >= 15 is 0 Å². The number of anilines is 1. The second kappa shape index (κ2) is 2.66. The molecule has 2 N–H and O–H groups in total. The number of rotatable bonds is 1. The summed E-state index contributed by atoms with van der Waals surface area (Å²) in [6, 6.07) is 9.93. The van der Waals surface area contributed by atoms with Crippen LogP contribution in [0.25, 0.3) is 0 Å². The molecule has 0 heterocycles. The number of para-hydroxylation sites is 1. The Kier molecular flexibility index (Phi) is 1.87. The Morgan fingerprint density at radius 1 is 1.22 bits per heavy atom. The average molecular weight is 138 g/mol. The van der Waals surface area contributed by atoms with Gasteiger partial charge in [-0.25, -0.2) is 0 Å². The SMILES string of the molecule is NN([SiH3])c1ccccc1. The van der Waals surface area contributed by atoms with Gasteiger partial charge in [-0.05, 0) is 12.1 Å². The minimum atomic E-state index is 0.868. The molecule has 0 radical (unpaired) electrons. The van der Waals surface area contributed by atoms with Crippen molar-refractivity contribution in [2.24, 2.45) is 5.84 Å². The quantitative estimate of drug-likeness (QED) is 0.326. The fourth-order valence-corrected chi connectivity index (χ4v) is 0.961. The molecule has 1 aromatic carbocycles. The van der Waals surface area contributed by atoms with Gasteiger partial charge in [-0.2, -0.15) is 0 Å². The monoisotopic (exact) mass is 138 g/mol. The van der Waals surface area contributed by atoms with Crippen LogP contribution in [0, 0.1) is 0 Å². The first-order chi connectivity index (χ1) is 4.30. The van der Waals surface area contributed by atoms with Gasteiger partial charge in [0.1, 0.15) is 10.4 Å². The molecule has 0 aliphatic carbocycles. The third kappa shape index (κ3) is 1.55. The fraction of sp³-hybridized carbons (Fsp3) is 0. The molecule has 0 unspecified atom stereocenters. The summed E-state index contributed by atoms with van der Waals surface area (Å²) in [5, 5.41) is 0. The highest BCUT2D eigenvalue weighted by Crippen LogP contribution is 2.05. The topological polar surface area (TPSA) is 29.3 Å². The van der Waals surface area contributed by atoms with Gasteiger partial charge in [-0.15, -0.1) is 0 Å². The Balaban J connectivity index is 2.85. The molecule has 1 rings (SSSR count). The van der Waals surface area contributed by atoms with Crippen molar-refractivity contribution in [2.45, 2.75) is 0 Å². The zero-order chi connectivity index (χ0) is 6.69. The Bertz CT molecular complexity index is 174. The van der Waals surface area contributed by atoms with E-state index in [9.17, 15) is 0 Å².